The standard InChI is InChI=1S/C5H7N3O.3C2H6/c1-4(9)5-3-8(2)7-6-5;3*1-2/h3H,1-2H3;3*1-2H3. The molecule has 0 aliphatic rings. The number of aromatic nitrogens is 3. The van der Waals surface area contributed by atoms with E-state index in [2.05, 4.69) is 10.3 Å². The van der Waals surface area contributed by atoms with Crippen molar-refractivity contribution in [2.45, 2.75) is 48.5 Å². The van der Waals surface area contributed by atoms with E-state index in [0.717, 1.165) is 0 Å². The third-order valence-electron chi connectivity index (χ3n) is 0.963. The molecule has 0 spiro atoms. The molecule has 0 atom stereocenters. The van der Waals surface area contributed by atoms with E-state index < -0.39 is 0 Å². The first-order valence-corrected chi connectivity index (χ1v) is 5.57. The van der Waals surface area contributed by atoms with Gasteiger partial charge in [-0.05, 0) is 0 Å². The third kappa shape index (κ3) is 10.7. The van der Waals surface area contributed by atoms with E-state index in [1.165, 1.54) is 11.6 Å². The van der Waals surface area contributed by atoms with Crippen molar-refractivity contribution in [3.8, 4) is 0 Å². The van der Waals surface area contributed by atoms with Gasteiger partial charge in [-0.3, -0.25) is 9.48 Å². The number of rotatable bonds is 1. The number of carbonyl (C=O) groups is 1. The number of nitrogens with zero attached hydrogens (tertiary/aromatic N) is 3. The molecular weight excluding hydrogens is 190 g/mol. The van der Waals surface area contributed by atoms with E-state index in [-0.39, 0.29) is 5.78 Å². The molecule has 1 aromatic heterocycles. The molecule has 0 saturated heterocycles. The lowest BCUT2D eigenvalue weighted by atomic mass is 10.3. The van der Waals surface area contributed by atoms with Crippen LogP contribution in [0.3, 0.4) is 0 Å². The number of ketones is 1. The molecule has 0 N–H and O–H groups in total. The molecule has 4 heteroatoms. The smallest absolute Gasteiger partial charge is 0.181 e. The zero-order valence-corrected chi connectivity index (χ0v) is 11.3. The maximum Gasteiger partial charge on any atom is 0.181 e. The minimum Gasteiger partial charge on any atom is -0.293 e. The number of hydrogen-bond acceptors (Lipinski definition) is 3. The van der Waals surface area contributed by atoms with Crippen molar-refractivity contribution in [2.24, 2.45) is 7.05 Å². The molecule has 0 aliphatic carbocycles. The fraction of sp³-hybridized carbons (Fsp3) is 0.727. The van der Waals surface area contributed by atoms with Crippen LogP contribution in [0.15, 0.2) is 6.20 Å². The second-order valence-corrected chi connectivity index (χ2v) is 1.83. The summed E-state index contributed by atoms with van der Waals surface area (Å²) in [4.78, 5) is 10.5. The average molecular weight is 215 g/mol. The van der Waals surface area contributed by atoms with E-state index in [1.807, 2.05) is 41.5 Å². The van der Waals surface area contributed by atoms with Crippen LogP contribution in [0.1, 0.15) is 59.0 Å². The van der Waals surface area contributed by atoms with Crippen LogP contribution in [0.2, 0.25) is 0 Å². The lowest BCUT2D eigenvalue weighted by Crippen LogP contribution is -1.90. The molecule has 90 valence electrons. The quantitative estimate of drug-likeness (QED) is 0.676. The fourth-order valence-corrected chi connectivity index (χ4v) is 0.509. The van der Waals surface area contributed by atoms with Gasteiger partial charge in [0.05, 0.1) is 6.20 Å². The number of aryl methyl sites for hydroxylation is 1. The van der Waals surface area contributed by atoms with Gasteiger partial charge in [0.25, 0.3) is 0 Å². The highest BCUT2D eigenvalue weighted by Gasteiger charge is 2.01. The Kier molecular flexibility index (Phi) is 19.8. The summed E-state index contributed by atoms with van der Waals surface area (Å²) in [5.41, 5.74) is 0.414. The number of hydrogen-bond donors (Lipinski definition) is 0. The second kappa shape index (κ2) is 15.3. The van der Waals surface area contributed by atoms with Crippen LogP contribution in [0.25, 0.3) is 0 Å². The van der Waals surface area contributed by atoms with Gasteiger partial charge in [-0.25, -0.2) is 0 Å². The van der Waals surface area contributed by atoms with Gasteiger partial charge in [0.15, 0.2) is 5.78 Å². The Balaban J connectivity index is -0.000000208. The van der Waals surface area contributed by atoms with Gasteiger partial charge in [-0.1, -0.05) is 46.8 Å². The minimum absolute atomic E-state index is 0.0527. The molecule has 1 aromatic rings. The fourth-order valence-electron chi connectivity index (χ4n) is 0.509. The van der Waals surface area contributed by atoms with Crippen LogP contribution >= 0.6 is 0 Å². The Hall–Kier alpha value is -1.19. The SMILES string of the molecule is CC.CC.CC.CC(=O)c1cn(C)nn1. The lowest BCUT2D eigenvalue weighted by molar-refractivity contribution is 0.101. The normalized spacial score (nSPS) is 6.93. The highest BCUT2D eigenvalue weighted by molar-refractivity contribution is 5.91. The summed E-state index contributed by atoms with van der Waals surface area (Å²) in [6.45, 7) is 13.5. The lowest BCUT2D eigenvalue weighted by Gasteiger charge is -1.78. The largest absolute Gasteiger partial charge is 0.293 e. The van der Waals surface area contributed by atoms with Crippen LogP contribution in [0, 0.1) is 0 Å². The van der Waals surface area contributed by atoms with E-state index in [4.69, 9.17) is 0 Å². The van der Waals surface area contributed by atoms with Crippen molar-refractivity contribution < 1.29 is 4.79 Å². The highest BCUT2D eigenvalue weighted by atomic mass is 16.1. The molecule has 0 amide bonds. The molecule has 15 heavy (non-hydrogen) atoms. The second-order valence-electron chi connectivity index (χ2n) is 1.83. The van der Waals surface area contributed by atoms with Crippen molar-refractivity contribution in [1.82, 2.24) is 15.0 Å². The molecule has 1 heterocycles. The average Bonchev–Trinajstić information content (AvgIpc) is 2.74. The topological polar surface area (TPSA) is 47.8 Å². The van der Waals surface area contributed by atoms with Crippen molar-refractivity contribution in [2.75, 3.05) is 0 Å². The maximum atomic E-state index is 10.5. The predicted octanol–water partition coefficient (Wildman–Crippen LogP) is 3.10. The summed E-state index contributed by atoms with van der Waals surface area (Å²) < 4.78 is 1.50. The van der Waals surface area contributed by atoms with Crippen LogP contribution in [-0.2, 0) is 7.05 Å². The van der Waals surface area contributed by atoms with Crippen molar-refractivity contribution >= 4 is 5.78 Å². The molecule has 4 nitrogen and oxygen atoms in total. The zero-order valence-electron chi connectivity index (χ0n) is 11.3. The van der Waals surface area contributed by atoms with Gasteiger partial charge >= 0.3 is 0 Å². The Morgan fingerprint density at radius 2 is 1.53 bits per heavy atom. The summed E-state index contributed by atoms with van der Waals surface area (Å²) >= 11 is 0. The predicted molar refractivity (Wildman–Crippen MR) is 65.1 cm³/mol. The van der Waals surface area contributed by atoms with Gasteiger partial charge in [-0.15, -0.1) is 5.10 Å². The Morgan fingerprint density at radius 3 is 1.67 bits per heavy atom. The number of Topliss-reactive ketones (excluding diaryl/α,β-unsaturated/α-hetero) is 1. The van der Waals surface area contributed by atoms with Crippen LogP contribution in [-0.4, -0.2) is 20.8 Å². The van der Waals surface area contributed by atoms with Crippen LogP contribution in [0.5, 0.6) is 0 Å². The molecular formula is C11H25N3O. The Morgan fingerprint density at radius 1 is 1.13 bits per heavy atom. The summed E-state index contributed by atoms with van der Waals surface area (Å²) in [5.74, 6) is -0.0527. The molecule has 0 fully saturated rings. The van der Waals surface area contributed by atoms with Crippen molar-refractivity contribution in [3.63, 3.8) is 0 Å². The van der Waals surface area contributed by atoms with Crippen molar-refractivity contribution in [3.05, 3.63) is 11.9 Å². The summed E-state index contributed by atoms with van der Waals surface area (Å²) in [6, 6.07) is 0. The number of carbonyl (C=O) groups excluding carboxylic acids is 1. The first-order chi connectivity index (χ1) is 7.20. The van der Waals surface area contributed by atoms with Gasteiger partial charge in [-0.2, -0.15) is 0 Å². The van der Waals surface area contributed by atoms with E-state index in [1.54, 1.807) is 13.2 Å². The highest BCUT2D eigenvalue weighted by Crippen LogP contribution is 1.90. The van der Waals surface area contributed by atoms with Gasteiger partial charge < -0.3 is 0 Å². The molecule has 0 radical (unpaired) electrons. The van der Waals surface area contributed by atoms with Gasteiger partial charge in [0, 0.05) is 14.0 Å². The van der Waals surface area contributed by atoms with Crippen LogP contribution in [0.4, 0.5) is 0 Å². The molecule has 0 saturated carbocycles. The van der Waals surface area contributed by atoms with Gasteiger partial charge in [0.2, 0.25) is 0 Å². The van der Waals surface area contributed by atoms with Crippen molar-refractivity contribution in [1.29, 1.82) is 0 Å². The maximum absolute atomic E-state index is 10.5. The van der Waals surface area contributed by atoms with E-state index in [0.29, 0.717) is 5.69 Å². The monoisotopic (exact) mass is 215 g/mol. The molecule has 1 rings (SSSR count). The molecule has 0 unspecified atom stereocenters. The third-order valence-corrected chi connectivity index (χ3v) is 0.963. The summed E-state index contributed by atoms with van der Waals surface area (Å²) in [5, 5.41) is 7.16. The molecule has 0 aromatic carbocycles. The molecule has 0 aliphatic heterocycles. The van der Waals surface area contributed by atoms with E-state index in [9.17, 15) is 4.79 Å². The summed E-state index contributed by atoms with van der Waals surface area (Å²) in [7, 11) is 1.72. The minimum atomic E-state index is -0.0527. The first kappa shape index (κ1) is 19.4. The molecule has 0 bridgehead atoms. The summed E-state index contributed by atoms with van der Waals surface area (Å²) in [6.07, 6.45) is 1.59. The Labute approximate surface area is 93.7 Å². The van der Waals surface area contributed by atoms with Crippen LogP contribution < -0.4 is 0 Å². The van der Waals surface area contributed by atoms with Gasteiger partial charge in [0.1, 0.15) is 5.69 Å². The first-order valence-electron chi connectivity index (χ1n) is 5.57. The zero-order chi connectivity index (χ0) is 12.9. The Bertz CT molecular complexity index is 231. The van der Waals surface area contributed by atoms with E-state index >= 15 is 0 Å².